The minimum atomic E-state index is -0.253. The largest absolute Gasteiger partial charge is 0.368 e. The Morgan fingerprint density at radius 2 is 1.85 bits per heavy atom. The first-order valence-electron chi connectivity index (χ1n) is 9.01. The molecule has 0 N–H and O–H groups in total. The maximum absolute atomic E-state index is 13.0. The SMILES string of the molecule is Cc1cc(N2CCN(C(=O)[C@H](C)n3cnc4ccccc43)CC2)ccn1. The van der Waals surface area contributed by atoms with E-state index in [9.17, 15) is 4.79 Å². The molecule has 0 saturated carbocycles. The molecule has 0 bridgehead atoms. The number of carbonyl (C=O) groups excluding carboxylic acids is 1. The highest BCUT2D eigenvalue weighted by Crippen LogP contribution is 2.21. The van der Waals surface area contributed by atoms with Crippen molar-refractivity contribution in [2.45, 2.75) is 19.9 Å². The second-order valence-corrected chi connectivity index (χ2v) is 6.78. The fourth-order valence-corrected chi connectivity index (χ4v) is 3.58. The van der Waals surface area contributed by atoms with E-state index in [2.05, 4.69) is 20.9 Å². The number of piperazine rings is 1. The number of aryl methyl sites for hydroxylation is 1. The third kappa shape index (κ3) is 3.03. The highest BCUT2D eigenvalue weighted by molar-refractivity contribution is 5.84. The minimum Gasteiger partial charge on any atom is -0.368 e. The Morgan fingerprint density at radius 3 is 2.62 bits per heavy atom. The van der Waals surface area contributed by atoms with Gasteiger partial charge in [0.15, 0.2) is 0 Å². The molecule has 1 fully saturated rings. The Balaban J connectivity index is 1.45. The van der Waals surface area contributed by atoms with Crippen LogP contribution < -0.4 is 4.90 Å². The monoisotopic (exact) mass is 349 g/mol. The van der Waals surface area contributed by atoms with Crippen molar-refractivity contribution < 1.29 is 4.79 Å². The Labute approximate surface area is 153 Å². The van der Waals surface area contributed by atoms with Crippen molar-refractivity contribution in [3.63, 3.8) is 0 Å². The molecule has 3 heterocycles. The summed E-state index contributed by atoms with van der Waals surface area (Å²) in [5.74, 6) is 0.152. The number of anilines is 1. The van der Waals surface area contributed by atoms with Crippen LogP contribution in [0.1, 0.15) is 18.7 Å². The highest BCUT2D eigenvalue weighted by atomic mass is 16.2. The normalized spacial score (nSPS) is 16.1. The zero-order valence-electron chi connectivity index (χ0n) is 15.2. The molecule has 1 amide bonds. The number of amides is 1. The van der Waals surface area contributed by atoms with Gasteiger partial charge in [0, 0.05) is 43.8 Å². The maximum atomic E-state index is 13.0. The average molecular weight is 349 g/mol. The standard InChI is InChI=1S/C20H23N5O/c1-15-13-17(7-8-21-15)23-9-11-24(12-10-23)20(26)16(2)25-14-22-18-5-3-4-6-19(18)25/h3-8,13-14,16H,9-12H2,1-2H3/t16-/m0/s1. The van der Waals surface area contributed by atoms with Crippen LogP contribution in [-0.4, -0.2) is 51.5 Å². The van der Waals surface area contributed by atoms with Crippen LogP contribution in [0.25, 0.3) is 11.0 Å². The van der Waals surface area contributed by atoms with Crippen molar-refractivity contribution in [3.8, 4) is 0 Å². The number of nitrogens with zero attached hydrogens (tertiary/aromatic N) is 5. The Bertz CT molecular complexity index is 927. The first-order chi connectivity index (χ1) is 12.6. The van der Waals surface area contributed by atoms with E-state index >= 15 is 0 Å². The van der Waals surface area contributed by atoms with Crippen LogP contribution in [0.15, 0.2) is 48.9 Å². The lowest BCUT2D eigenvalue weighted by atomic mass is 10.2. The molecular formula is C20H23N5O. The Kier molecular flexibility index (Phi) is 4.32. The van der Waals surface area contributed by atoms with Crippen molar-refractivity contribution >= 4 is 22.6 Å². The number of pyridine rings is 1. The fraction of sp³-hybridized carbons (Fsp3) is 0.350. The predicted molar refractivity (Wildman–Crippen MR) is 102 cm³/mol. The molecule has 6 heteroatoms. The molecule has 6 nitrogen and oxygen atoms in total. The van der Waals surface area contributed by atoms with E-state index in [0.717, 1.165) is 42.9 Å². The van der Waals surface area contributed by atoms with Gasteiger partial charge >= 0.3 is 0 Å². The molecule has 1 aromatic carbocycles. The maximum Gasteiger partial charge on any atom is 0.245 e. The molecule has 1 aliphatic heterocycles. The van der Waals surface area contributed by atoms with E-state index in [0.29, 0.717) is 0 Å². The lowest BCUT2D eigenvalue weighted by Gasteiger charge is -2.37. The van der Waals surface area contributed by atoms with Gasteiger partial charge in [0.2, 0.25) is 5.91 Å². The summed E-state index contributed by atoms with van der Waals surface area (Å²) in [7, 11) is 0. The number of rotatable bonds is 3. The molecule has 1 saturated heterocycles. The minimum absolute atomic E-state index is 0.152. The van der Waals surface area contributed by atoms with Crippen LogP contribution in [0.5, 0.6) is 0 Å². The number of benzene rings is 1. The zero-order chi connectivity index (χ0) is 18.1. The third-order valence-corrected chi connectivity index (χ3v) is 5.09. The molecule has 4 rings (SSSR count). The molecule has 26 heavy (non-hydrogen) atoms. The van der Waals surface area contributed by atoms with Crippen molar-refractivity contribution in [2.24, 2.45) is 0 Å². The smallest absolute Gasteiger partial charge is 0.245 e. The van der Waals surface area contributed by atoms with E-state index < -0.39 is 0 Å². The summed E-state index contributed by atoms with van der Waals surface area (Å²) < 4.78 is 1.97. The van der Waals surface area contributed by atoms with Crippen LogP contribution in [0.3, 0.4) is 0 Å². The fourth-order valence-electron chi connectivity index (χ4n) is 3.58. The van der Waals surface area contributed by atoms with Crippen LogP contribution >= 0.6 is 0 Å². The molecule has 1 atom stereocenters. The van der Waals surface area contributed by atoms with Gasteiger partial charge in [-0.2, -0.15) is 0 Å². The number of hydrogen-bond acceptors (Lipinski definition) is 4. The summed E-state index contributed by atoms with van der Waals surface area (Å²) in [6, 6.07) is 11.8. The number of imidazole rings is 1. The molecule has 0 radical (unpaired) electrons. The van der Waals surface area contributed by atoms with Crippen LogP contribution in [0, 0.1) is 6.92 Å². The van der Waals surface area contributed by atoms with E-state index in [4.69, 9.17) is 0 Å². The molecular weight excluding hydrogens is 326 g/mol. The van der Waals surface area contributed by atoms with Crippen molar-refractivity contribution in [2.75, 3.05) is 31.1 Å². The van der Waals surface area contributed by atoms with E-state index in [1.807, 2.05) is 59.8 Å². The summed E-state index contributed by atoms with van der Waals surface area (Å²) in [6.07, 6.45) is 3.61. The zero-order valence-corrected chi connectivity index (χ0v) is 15.2. The second kappa shape index (κ2) is 6.78. The van der Waals surface area contributed by atoms with Gasteiger partial charge < -0.3 is 14.4 Å². The van der Waals surface area contributed by atoms with Gasteiger partial charge in [-0.1, -0.05) is 12.1 Å². The summed E-state index contributed by atoms with van der Waals surface area (Å²) >= 11 is 0. The van der Waals surface area contributed by atoms with Gasteiger partial charge in [0.1, 0.15) is 6.04 Å². The van der Waals surface area contributed by atoms with E-state index in [1.165, 1.54) is 5.69 Å². The van der Waals surface area contributed by atoms with Crippen LogP contribution in [0.2, 0.25) is 0 Å². The molecule has 3 aromatic rings. The van der Waals surface area contributed by atoms with Gasteiger partial charge in [-0.25, -0.2) is 4.98 Å². The summed E-state index contributed by atoms with van der Waals surface area (Å²) in [5, 5.41) is 0. The van der Waals surface area contributed by atoms with Crippen LogP contribution in [0.4, 0.5) is 5.69 Å². The molecule has 0 aliphatic carbocycles. The number of fused-ring (bicyclic) bond motifs is 1. The molecule has 1 aliphatic rings. The topological polar surface area (TPSA) is 54.3 Å². The number of hydrogen-bond donors (Lipinski definition) is 0. The average Bonchev–Trinajstić information content (AvgIpc) is 3.11. The predicted octanol–water partition coefficient (Wildman–Crippen LogP) is 2.65. The van der Waals surface area contributed by atoms with Gasteiger partial charge in [-0.3, -0.25) is 9.78 Å². The first kappa shape index (κ1) is 16.6. The summed E-state index contributed by atoms with van der Waals surface area (Å²) in [5.41, 5.74) is 4.11. The summed E-state index contributed by atoms with van der Waals surface area (Å²) in [6.45, 7) is 7.10. The number of carbonyl (C=O) groups is 1. The quantitative estimate of drug-likeness (QED) is 0.729. The van der Waals surface area contributed by atoms with E-state index in [1.54, 1.807) is 6.33 Å². The van der Waals surface area contributed by atoms with Crippen molar-refractivity contribution in [3.05, 3.63) is 54.6 Å². The Hall–Kier alpha value is -2.89. The molecule has 2 aromatic heterocycles. The second-order valence-electron chi connectivity index (χ2n) is 6.78. The van der Waals surface area contributed by atoms with Gasteiger partial charge in [-0.05, 0) is 38.1 Å². The lowest BCUT2D eigenvalue weighted by Crippen LogP contribution is -2.50. The first-order valence-corrected chi connectivity index (χ1v) is 9.01. The molecule has 0 spiro atoms. The third-order valence-electron chi connectivity index (χ3n) is 5.09. The van der Waals surface area contributed by atoms with Crippen molar-refractivity contribution in [1.82, 2.24) is 19.4 Å². The Morgan fingerprint density at radius 1 is 1.08 bits per heavy atom. The number of aromatic nitrogens is 3. The highest BCUT2D eigenvalue weighted by Gasteiger charge is 2.26. The van der Waals surface area contributed by atoms with Gasteiger partial charge in [0.05, 0.1) is 17.4 Å². The molecule has 0 unspecified atom stereocenters. The number of para-hydroxylation sites is 2. The molecule has 134 valence electrons. The van der Waals surface area contributed by atoms with Crippen LogP contribution in [-0.2, 0) is 4.79 Å². The lowest BCUT2D eigenvalue weighted by molar-refractivity contribution is -0.134. The van der Waals surface area contributed by atoms with E-state index in [-0.39, 0.29) is 11.9 Å². The summed E-state index contributed by atoms with van der Waals surface area (Å²) in [4.78, 5) is 25.9. The van der Waals surface area contributed by atoms with Gasteiger partial charge in [0.25, 0.3) is 0 Å². The van der Waals surface area contributed by atoms with Crippen molar-refractivity contribution in [1.29, 1.82) is 0 Å². The van der Waals surface area contributed by atoms with Gasteiger partial charge in [-0.15, -0.1) is 0 Å².